The van der Waals surface area contributed by atoms with E-state index in [1.807, 2.05) is 49.9 Å². The number of benzene rings is 1. The van der Waals surface area contributed by atoms with Crippen LogP contribution in [0.15, 0.2) is 24.3 Å². The lowest BCUT2D eigenvalue weighted by Crippen LogP contribution is -2.46. The molecule has 122 valence electrons. The number of hydrogen-bond donors (Lipinski definition) is 1. The Morgan fingerprint density at radius 2 is 1.77 bits per heavy atom. The highest BCUT2D eigenvalue weighted by Crippen LogP contribution is 2.19. The van der Waals surface area contributed by atoms with E-state index in [4.69, 9.17) is 10.5 Å². The summed E-state index contributed by atoms with van der Waals surface area (Å²) in [6.45, 7) is 7.77. The fraction of sp³-hybridized carbons (Fsp3) is 0.611. The van der Waals surface area contributed by atoms with E-state index in [1.54, 1.807) is 0 Å². The second-order valence-corrected chi connectivity index (χ2v) is 7.05. The van der Waals surface area contributed by atoms with Gasteiger partial charge in [-0.05, 0) is 64.2 Å². The van der Waals surface area contributed by atoms with E-state index in [9.17, 15) is 4.79 Å². The van der Waals surface area contributed by atoms with Gasteiger partial charge in [0, 0.05) is 13.1 Å². The molecule has 1 atom stereocenters. The lowest BCUT2D eigenvalue weighted by Gasteiger charge is -2.29. The Morgan fingerprint density at radius 3 is 2.32 bits per heavy atom. The Hall–Kier alpha value is -1.55. The fourth-order valence-corrected chi connectivity index (χ4v) is 2.74. The molecule has 2 rings (SSSR count). The zero-order valence-corrected chi connectivity index (χ0v) is 14.0. The normalized spacial score (nSPS) is 17.2. The van der Waals surface area contributed by atoms with Gasteiger partial charge in [-0.25, -0.2) is 0 Å². The number of piperidine rings is 1. The van der Waals surface area contributed by atoms with Crippen LogP contribution in [-0.4, -0.2) is 35.5 Å². The number of rotatable bonds is 4. The molecule has 4 heteroatoms. The van der Waals surface area contributed by atoms with Crippen molar-refractivity contribution < 1.29 is 9.53 Å². The smallest absolute Gasteiger partial charge is 0.239 e. The highest BCUT2D eigenvalue weighted by atomic mass is 16.5. The summed E-state index contributed by atoms with van der Waals surface area (Å²) in [5.41, 5.74) is 6.96. The highest BCUT2D eigenvalue weighted by molar-refractivity contribution is 5.82. The lowest BCUT2D eigenvalue weighted by atomic mass is 10.0. The van der Waals surface area contributed by atoms with E-state index < -0.39 is 6.04 Å². The minimum absolute atomic E-state index is 0.0784. The Labute approximate surface area is 133 Å². The maximum absolute atomic E-state index is 12.3. The molecule has 0 radical (unpaired) electrons. The number of carbonyl (C=O) groups is 1. The number of carbonyl (C=O) groups excluding carboxylic acids is 1. The van der Waals surface area contributed by atoms with Gasteiger partial charge in [0.2, 0.25) is 5.91 Å². The molecule has 4 nitrogen and oxygen atoms in total. The molecule has 1 fully saturated rings. The second kappa shape index (κ2) is 7.14. The summed E-state index contributed by atoms with van der Waals surface area (Å²) in [4.78, 5) is 14.2. The third-order valence-corrected chi connectivity index (χ3v) is 3.79. The van der Waals surface area contributed by atoms with E-state index in [0.29, 0.717) is 6.42 Å². The van der Waals surface area contributed by atoms with Crippen LogP contribution in [0.2, 0.25) is 0 Å². The SMILES string of the molecule is CC(C)(C)Oc1ccc(C[C@H](N)C(=O)N2CCCCC2)cc1. The predicted octanol–water partition coefficient (Wildman–Crippen LogP) is 2.75. The third-order valence-electron chi connectivity index (χ3n) is 3.79. The first-order valence-corrected chi connectivity index (χ1v) is 8.17. The summed E-state index contributed by atoms with van der Waals surface area (Å²) in [6.07, 6.45) is 3.98. The summed E-state index contributed by atoms with van der Waals surface area (Å²) in [5, 5.41) is 0. The van der Waals surface area contributed by atoms with Crippen molar-refractivity contribution in [2.24, 2.45) is 5.73 Å². The van der Waals surface area contributed by atoms with Gasteiger partial charge in [0.25, 0.3) is 0 Å². The van der Waals surface area contributed by atoms with Crippen molar-refractivity contribution in [3.63, 3.8) is 0 Å². The quantitative estimate of drug-likeness (QED) is 0.930. The Bertz CT molecular complexity index is 485. The van der Waals surface area contributed by atoms with Crippen LogP contribution in [0.3, 0.4) is 0 Å². The Balaban J connectivity index is 1.90. The van der Waals surface area contributed by atoms with Gasteiger partial charge < -0.3 is 15.4 Å². The van der Waals surface area contributed by atoms with Crippen molar-refractivity contribution in [1.82, 2.24) is 4.90 Å². The number of hydrogen-bond acceptors (Lipinski definition) is 3. The Kier molecular flexibility index (Phi) is 5.46. The molecule has 1 saturated heterocycles. The van der Waals surface area contributed by atoms with Crippen LogP contribution in [0.1, 0.15) is 45.6 Å². The minimum Gasteiger partial charge on any atom is -0.488 e. The molecule has 22 heavy (non-hydrogen) atoms. The molecule has 1 aliphatic heterocycles. The van der Waals surface area contributed by atoms with Crippen LogP contribution in [0.25, 0.3) is 0 Å². The number of nitrogens with two attached hydrogens (primary N) is 1. The molecule has 0 unspecified atom stereocenters. The zero-order chi connectivity index (χ0) is 16.2. The average Bonchev–Trinajstić information content (AvgIpc) is 2.48. The number of nitrogens with zero attached hydrogens (tertiary/aromatic N) is 1. The first-order valence-electron chi connectivity index (χ1n) is 8.17. The summed E-state index contributed by atoms with van der Waals surface area (Å²) in [7, 11) is 0. The summed E-state index contributed by atoms with van der Waals surface area (Å²) >= 11 is 0. The molecular formula is C18H28N2O2. The summed E-state index contributed by atoms with van der Waals surface area (Å²) in [5.74, 6) is 0.918. The van der Waals surface area contributed by atoms with Crippen LogP contribution >= 0.6 is 0 Å². The first-order chi connectivity index (χ1) is 10.3. The fourth-order valence-electron chi connectivity index (χ4n) is 2.74. The van der Waals surface area contributed by atoms with E-state index in [0.717, 1.165) is 37.2 Å². The Morgan fingerprint density at radius 1 is 1.18 bits per heavy atom. The van der Waals surface area contributed by atoms with Crippen molar-refractivity contribution in [1.29, 1.82) is 0 Å². The minimum atomic E-state index is -0.451. The molecule has 0 aliphatic carbocycles. The van der Waals surface area contributed by atoms with Gasteiger partial charge in [0.05, 0.1) is 6.04 Å². The van der Waals surface area contributed by atoms with Crippen molar-refractivity contribution in [3.8, 4) is 5.75 Å². The zero-order valence-electron chi connectivity index (χ0n) is 14.0. The van der Waals surface area contributed by atoms with Gasteiger partial charge in [-0.2, -0.15) is 0 Å². The molecule has 0 spiro atoms. The predicted molar refractivity (Wildman–Crippen MR) is 88.9 cm³/mol. The number of ether oxygens (including phenoxy) is 1. The second-order valence-electron chi connectivity index (χ2n) is 7.05. The molecule has 0 aromatic heterocycles. The molecule has 1 amide bonds. The topological polar surface area (TPSA) is 55.6 Å². The van der Waals surface area contributed by atoms with Crippen LogP contribution in [-0.2, 0) is 11.2 Å². The molecule has 0 saturated carbocycles. The molecule has 1 aliphatic rings. The van der Waals surface area contributed by atoms with Gasteiger partial charge in [0.15, 0.2) is 0 Å². The van der Waals surface area contributed by atoms with E-state index in [2.05, 4.69) is 0 Å². The lowest BCUT2D eigenvalue weighted by molar-refractivity contribution is -0.133. The monoisotopic (exact) mass is 304 g/mol. The van der Waals surface area contributed by atoms with Crippen LogP contribution in [0.4, 0.5) is 0 Å². The average molecular weight is 304 g/mol. The number of amides is 1. The molecule has 0 bridgehead atoms. The first kappa shape index (κ1) is 16.8. The molecule has 1 heterocycles. The van der Waals surface area contributed by atoms with Crippen LogP contribution < -0.4 is 10.5 Å². The summed E-state index contributed by atoms with van der Waals surface area (Å²) < 4.78 is 5.80. The van der Waals surface area contributed by atoms with Crippen molar-refractivity contribution in [3.05, 3.63) is 29.8 Å². The largest absolute Gasteiger partial charge is 0.488 e. The van der Waals surface area contributed by atoms with Gasteiger partial charge in [-0.15, -0.1) is 0 Å². The third kappa shape index (κ3) is 5.02. The van der Waals surface area contributed by atoms with Gasteiger partial charge in [0.1, 0.15) is 11.4 Å². The van der Waals surface area contributed by atoms with E-state index in [1.165, 1.54) is 6.42 Å². The summed E-state index contributed by atoms with van der Waals surface area (Å²) in [6, 6.07) is 7.42. The molecule has 1 aromatic carbocycles. The van der Waals surface area contributed by atoms with E-state index >= 15 is 0 Å². The van der Waals surface area contributed by atoms with Crippen LogP contribution in [0, 0.1) is 0 Å². The van der Waals surface area contributed by atoms with Crippen molar-refractivity contribution in [2.45, 2.75) is 58.1 Å². The molecule has 2 N–H and O–H groups in total. The molecular weight excluding hydrogens is 276 g/mol. The van der Waals surface area contributed by atoms with Crippen molar-refractivity contribution in [2.75, 3.05) is 13.1 Å². The van der Waals surface area contributed by atoms with Gasteiger partial charge in [-0.1, -0.05) is 12.1 Å². The standard InChI is InChI=1S/C18H28N2O2/c1-18(2,3)22-15-9-7-14(8-10-15)13-16(19)17(21)20-11-5-4-6-12-20/h7-10,16H,4-6,11-13,19H2,1-3H3/t16-/m0/s1. The van der Waals surface area contributed by atoms with Crippen LogP contribution in [0.5, 0.6) is 5.75 Å². The number of likely N-dealkylation sites (tertiary alicyclic amines) is 1. The van der Waals surface area contributed by atoms with E-state index in [-0.39, 0.29) is 11.5 Å². The van der Waals surface area contributed by atoms with Crippen molar-refractivity contribution >= 4 is 5.91 Å². The highest BCUT2D eigenvalue weighted by Gasteiger charge is 2.22. The maximum Gasteiger partial charge on any atom is 0.239 e. The van der Waals surface area contributed by atoms with Gasteiger partial charge >= 0.3 is 0 Å². The maximum atomic E-state index is 12.3. The molecule has 1 aromatic rings. The van der Waals surface area contributed by atoms with Gasteiger partial charge in [-0.3, -0.25) is 4.79 Å².